The van der Waals surface area contributed by atoms with Crippen LogP contribution in [0.25, 0.3) is 11.1 Å². The van der Waals surface area contributed by atoms with Crippen LogP contribution in [-0.2, 0) is 27.6 Å². The molecule has 1 fully saturated rings. The molecule has 234 valence electrons. The lowest BCUT2D eigenvalue weighted by molar-refractivity contribution is -0.143. The van der Waals surface area contributed by atoms with E-state index in [1.54, 1.807) is 17.9 Å². The third kappa shape index (κ3) is 6.90. The predicted octanol–water partition coefficient (Wildman–Crippen LogP) is 6.20. The molecule has 0 aliphatic carbocycles. The Balaban J connectivity index is 1.81. The van der Waals surface area contributed by atoms with Crippen molar-refractivity contribution >= 4 is 21.3 Å². The predicted molar refractivity (Wildman–Crippen MR) is 149 cm³/mol. The summed E-state index contributed by atoms with van der Waals surface area (Å²) in [5, 5.41) is 11.5. The second-order valence-electron chi connectivity index (χ2n) is 11.2. The zero-order valence-electron chi connectivity index (χ0n) is 23.7. The van der Waals surface area contributed by atoms with E-state index < -0.39 is 56.3 Å². The van der Waals surface area contributed by atoms with Crippen molar-refractivity contribution in [3.8, 4) is 11.1 Å². The van der Waals surface area contributed by atoms with Crippen LogP contribution in [0.15, 0.2) is 48.7 Å². The molecule has 4 rings (SSSR count). The minimum Gasteiger partial charge on any atom is -0.373 e. The summed E-state index contributed by atoms with van der Waals surface area (Å²) < 4.78 is 119. The highest BCUT2D eigenvalue weighted by molar-refractivity contribution is 7.91. The van der Waals surface area contributed by atoms with Gasteiger partial charge in [0.2, 0.25) is 0 Å². The van der Waals surface area contributed by atoms with Gasteiger partial charge in [-0.15, -0.1) is 0 Å². The van der Waals surface area contributed by atoms with Gasteiger partial charge in [0.05, 0.1) is 34.5 Å². The Labute approximate surface area is 244 Å². The number of benzene rings is 2. The van der Waals surface area contributed by atoms with E-state index in [1.807, 2.05) is 0 Å². The normalized spacial score (nSPS) is 16.7. The highest BCUT2D eigenvalue weighted by Gasteiger charge is 2.41. The van der Waals surface area contributed by atoms with Crippen LogP contribution in [0.4, 0.5) is 42.2 Å². The van der Waals surface area contributed by atoms with Crippen molar-refractivity contribution in [1.29, 1.82) is 0 Å². The third-order valence-corrected chi connectivity index (χ3v) is 9.35. The summed E-state index contributed by atoms with van der Waals surface area (Å²) in [5.41, 5.74) is -3.35. The number of hydrogen-bond donors (Lipinski definition) is 1. The van der Waals surface area contributed by atoms with Crippen molar-refractivity contribution in [1.82, 2.24) is 4.98 Å². The summed E-state index contributed by atoms with van der Waals surface area (Å²) in [6.45, 7) is 4.65. The first-order valence-electron chi connectivity index (χ1n) is 13.1. The molecule has 6 nitrogen and oxygen atoms in total. The van der Waals surface area contributed by atoms with Gasteiger partial charge in [-0.25, -0.2) is 17.8 Å². The zero-order valence-corrected chi connectivity index (χ0v) is 24.5. The molecule has 0 spiro atoms. The summed E-state index contributed by atoms with van der Waals surface area (Å²) in [6.07, 6.45) is -10.4. The number of pyridine rings is 1. The van der Waals surface area contributed by atoms with E-state index in [9.17, 15) is 44.3 Å². The first kappa shape index (κ1) is 32.5. The zero-order chi connectivity index (χ0) is 32.1. The molecule has 43 heavy (non-hydrogen) atoms. The van der Waals surface area contributed by atoms with E-state index in [0.717, 1.165) is 0 Å². The fourth-order valence-electron chi connectivity index (χ4n) is 5.07. The van der Waals surface area contributed by atoms with E-state index in [0.29, 0.717) is 34.6 Å². The first-order chi connectivity index (χ1) is 19.7. The van der Waals surface area contributed by atoms with Crippen LogP contribution in [0.5, 0.6) is 0 Å². The average molecular weight is 634 g/mol. The Bertz CT molecular complexity index is 1580. The second kappa shape index (κ2) is 11.3. The molecule has 0 saturated carbocycles. The molecule has 0 amide bonds. The van der Waals surface area contributed by atoms with E-state index in [2.05, 4.69) is 4.98 Å². The van der Waals surface area contributed by atoms with Crippen LogP contribution in [0, 0.1) is 12.7 Å². The van der Waals surface area contributed by atoms with Crippen LogP contribution in [0.3, 0.4) is 0 Å². The van der Waals surface area contributed by atoms with Crippen LogP contribution in [0.1, 0.15) is 36.1 Å². The summed E-state index contributed by atoms with van der Waals surface area (Å²) in [5.74, 6) is -0.249. The van der Waals surface area contributed by atoms with Crippen molar-refractivity contribution in [2.75, 3.05) is 41.4 Å². The van der Waals surface area contributed by atoms with Crippen LogP contribution in [-0.4, -0.2) is 56.4 Å². The second-order valence-corrected chi connectivity index (χ2v) is 13.5. The fourth-order valence-corrected chi connectivity index (χ4v) is 6.27. The van der Waals surface area contributed by atoms with Crippen molar-refractivity contribution in [2.24, 2.45) is 0 Å². The van der Waals surface area contributed by atoms with E-state index in [4.69, 9.17) is 0 Å². The van der Waals surface area contributed by atoms with E-state index in [-0.39, 0.29) is 36.3 Å². The average Bonchev–Trinajstić information content (AvgIpc) is 2.90. The van der Waals surface area contributed by atoms with Crippen molar-refractivity contribution < 1.29 is 44.3 Å². The largest absolute Gasteiger partial charge is 0.416 e. The lowest BCUT2D eigenvalue weighted by Crippen LogP contribution is -2.46. The minimum absolute atomic E-state index is 0.0274. The molecular formula is C29H30F7N3O3S. The van der Waals surface area contributed by atoms with E-state index in [1.165, 1.54) is 50.2 Å². The highest BCUT2D eigenvalue weighted by atomic mass is 32.2. The van der Waals surface area contributed by atoms with Gasteiger partial charge in [0, 0.05) is 31.1 Å². The Morgan fingerprint density at radius 3 is 1.93 bits per heavy atom. The SMILES string of the molecule is Cc1cc(F)ccc1-c1cc(N2CCS(=O)(=O)CC2)ncc1N(C)C(O)C(C)(C)c1cc(C(F)(F)F)cc(C(F)(F)F)c1. The molecule has 1 saturated heterocycles. The molecule has 2 aromatic carbocycles. The van der Waals surface area contributed by atoms with Gasteiger partial charge in [0.15, 0.2) is 9.84 Å². The van der Waals surface area contributed by atoms with Gasteiger partial charge in [-0.3, -0.25) is 0 Å². The maximum Gasteiger partial charge on any atom is 0.416 e. The number of alkyl halides is 6. The number of aromatic nitrogens is 1. The van der Waals surface area contributed by atoms with Gasteiger partial charge in [0.25, 0.3) is 0 Å². The molecule has 2 heterocycles. The number of sulfone groups is 1. The smallest absolute Gasteiger partial charge is 0.373 e. The molecule has 3 aromatic rings. The number of aliphatic hydroxyl groups is 1. The summed E-state index contributed by atoms with van der Waals surface area (Å²) in [7, 11) is -1.78. The van der Waals surface area contributed by atoms with Gasteiger partial charge in [-0.1, -0.05) is 19.9 Å². The van der Waals surface area contributed by atoms with Gasteiger partial charge in [-0.05, 0) is 60.0 Å². The Hall–Kier alpha value is -3.39. The third-order valence-electron chi connectivity index (χ3n) is 7.74. The topological polar surface area (TPSA) is 73.7 Å². The van der Waals surface area contributed by atoms with Gasteiger partial charge in [-0.2, -0.15) is 26.3 Å². The molecular weight excluding hydrogens is 603 g/mol. The van der Waals surface area contributed by atoms with Gasteiger partial charge >= 0.3 is 12.4 Å². The summed E-state index contributed by atoms with van der Waals surface area (Å²) >= 11 is 0. The standard InChI is InChI=1S/C29H30F7N3O3S/c1-17-11-21(30)5-6-22(17)23-15-25(39-7-9-43(41,42)10-8-39)37-16-24(23)38(4)26(40)27(2,3)18-12-19(28(31,32)33)14-20(13-18)29(34,35)36/h5-6,11-16,26,40H,7-10H2,1-4H3. The molecule has 1 atom stereocenters. The monoisotopic (exact) mass is 633 g/mol. The molecule has 1 N–H and O–H groups in total. The maximum absolute atomic E-state index is 14.0. The lowest BCUT2D eigenvalue weighted by Gasteiger charge is -2.39. The number of likely N-dealkylation sites (N-methyl/N-ethyl adjacent to an activating group) is 1. The maximum atomic E-state index is 14.0. The van der Waals surface area contributed by atoms with E-state index >= 15 is 0 Å². The van der Waals surface area contributed by atoms with Crippen molar-refractivity contribution in [3.05, 3.63) is 76.7 Å². The minimum atomic E-state index is -5.07. The lowest BCUT2D eigenvalue weighted by atomic mass is 9.80. The molecule has 14 heteroatoms. The number of aliphatic hydroxyl groups excluding tert-OH is 1. The number of hydrogen-bond acceptors (Lipinski definition) is 6. The number of halogens is 7. The Morgan fingerprint density at radius 1 is 0.884 bits per heavy atom. The quantitative estimate of drug-likeness (QED) is 0.258. The van der Waals surface area contributed by atoms with Crippen LogP contribution < -0.4 is 9.80 Å². The Morgan fingerprint density at radius 2 is 1.42 bits per heavy atom. The molecule has 0 bridgehead atoms. The molecule has 1 unspecified atom stereocenters. The molecule has 1 aliphatic rings. The number of rotatable bonds is 6. The van der Waals surface area contributed by atoms with Crippen LogP contribution in [0.2, 0.25) is 0 Å². The van der Waals surface area contributed by atoms with Gasteiger partial charge < -0.3 is 14.9 Å². The van der Waals surface area contributed by atoms with Crippen molar-refractivity contribution in [3.63, 3.8) is 0 Å². The Kier molecular flexibility index (Phi) is 8.52. The first-order valence-corrected chi connectivity index (χ1v) is 15.0. The highest BCUT2D eigenvalue weighted by Crippen LogP contribution is 2.42. The molecule has 0 radical (unpaired) electrons. The number of anilines is 2. The number of nitrogens with zero attached hydrogens (tertiary/aromatic N) is 3. The summed E-state index contributed by atoms with van der Waals surface area (Å²) in [6, 6.07) is 6.85. The summed E-state index contributed by atoms with van der Waals surface area (Å²) in [4.78, 5) is 7.48. The van der Waals surface area contributed by atoms with Crippen molar-refractivity contribution in [2.45, 2.75) is 44.8 Å². The van der Waals surface area contributed by atoms with Crippen LogP contribution >= 0.6 is 0 Å². The molecule has 1 aliphatic heterocycles. The fraction of sp³-hybridized carbons (Fsp3) is 0.414. The molecule has 1 aromatic heterocycles. The van der Waals surface area contributed by atoms with Gasteiger partial charge in [0.1, 0.15) is 17.9 Å². The number of aryl methyl sites for hydroxylation is 1.